The van der Waals surface area contributed by atoms with E-state index in [1.165, 1.54) is 6.33 Å². The third kappa shape index (κ3) is 3.80. The number of rotatable bonds is 4. The molecule has 2 N–H and O–H groups in total. The molecule has 2 aromatic rings. The molecule has 0 spiro atoms. The molecule has 124 valence electrons. The van der Waals surface area contributed by atoms with E-state index in [4.69, 9.17) is 17.3 Å². The summed E-state index contributed by atoms with van der Waals surface area (Å²) in [6.45, 7) is 0.542. The van der Waals surface area contributed by atoms with E-state index in [0.29, 0.717) is 11.6 Å². The van der Waals surface area contributed by atoms with E-state index in [1.54, 1.807) is 28.0 Å². The number of likely N-dealkylation sites (tertiary alicyclic amines) is 1. The van der Waals surface area contributed by atoms with Gasteiger partial charge in [-0.05, 0) is 23.8 Å². The summed E-state index contributed by atoms with van der Waals surface area (Å²) in [5, 5.41) is 4.66. The number of hydrogen-bond acceptors (Lipinski definition) is 4. The molecule has 1 amide bonds. The van der Waals surface area contributed by atoms with Gasteiger partial charge >= 0.3 is 0 Å². The first-order chi connectivity index (χ1) is 10.5. The normalized spacial score (nSPS) is 21.1. The van der Waals surface area contributed by atoms with Crippen LogP contribution in [0.5, 0.6) is 0 Å². The fourth-order valence-electron chi connectivity index (χ4n) is 2.77. The van der Waals surface area contributed by atoms with Crippen molar-refractivity contribution >= 4 is 29.9 Å². The Labute approximate surface area is 143 Å². The fourth-order valence-corrected chi connectivity index (χ4v) is 2.97. The van der Waals surface area contributed by atoms with Crippen LogP contribution in [0, 0.1) is 0 Å². The Kier molecular flexibility index (Phi) is 5.56. The first-order valence-corrected chi connectivity index (χ1v) is 7.23. The average Bonchev–Trinajstić information content (AvgIpc) is 3.09. The second-order valence-corrected chi connectivity index (χ2v) is 5.73. The molecule has 0 aliphatic carbocycles. The van der Waals surface area contributed by atoms with Crippen molar-refractivity contribution in [3.63, 3.8) is 0 Å². The van der Waals surface area contributed by atoms with Crippen LogP contribution in [0.25, 0.3) is 5.69 Å². The van der Waals surface area contributed by atoms with Crippen molar-refractivity contribution in [3.8, 4) is 5.69 Å². The second kappa shape index (κ2) is 7.25. The third-order valence-electron chi connectivity index (χ3n) is 3.76. The van der Waals surface area contributed by atoms with Crippen LogP contribution in [0.3, 0.4) is 0 Å². The van der Waals surface area contributed by atoms with Gasteiger partial charge in [-0.1, -0.05) is 11.6 Å². The number of benzene rings is 1. The molecule has 0 saturated carbocycles. The summed E-state index contributed by atoms with van der Waals surface area (Å²) in [7, 11) is 0. The molecule has 1 aromatic heterocycles. The van der Waals surface area contributed by atoms with Crippen molar-refractivity contribution in [2.75, 3.05) is 6.54 Å². The van der Waals surface area contributed by atoms with Crippen molar-refractivity contribution < 1.29 is 9.18 Å². The van der Waals surface area contributed by atoms with E-state index in [1.807, 2.05) is 6.07 Å². The Morgan fingerprint density at radius 3 is 2.91 bits per heavy atom. The predicted molar refractivity (Wildman–Crippen MR) is 86.5 cm³/mol. The topological polar surface area (TPSA) is 77.0 Å². The lowest BCUT2D eigenvalue weighted by atomic mass is 10.1. The monoisotopic (exact) mass is 359 g/mol. The summed E-state index contributed by atoms with van der Waals surface area (Å²) < 4.78 is 15.2. The molecule has 23 heavy (non-hydrogen) atoms. The number of amides is 1. The van der Waals surface area contributed by atoms with Crippen LogP contribution in [0.2, 0.25) is 5.02 Å². The van der Waals surface area contributed by atoms with Gasteiger partial charge in [0, 0.05) is 24.5 Å². The quantitative estimate of drug-likeness (QED) is 0.901. The van der Waals surface area contributed by atoms with E-state index in [0.717, 1.165) is 11.3 Å². The summed E-state index contributed by atoms with van der Waals surface area (Å²) in [6.07, 6.45) is 2.08. The maximum atomic E-state index is 13.6. The summed E-state index contributed by atoms with van der Waals surface area (Å²) in [5.41, 5.74) is 6.98. The zero-order chi connectivity index (χ0) is 15.7. The van der Waals surface area contributed by atoms with Gasteiger partial charge in [0.1, 0.15) is 18.8 Å². The minimum absolute atomic E-state index is 0. The molecular weight excluding hydrogens is 344 g/mol. The molecule has 1 aliphatic heterocycles. The number of halogens is 3. The van der Waals surface area contributed by atoms with Gasteiger partial charge in [0.2, 0.25) is 5.91 Å². The number of carbonyl (C=O) groups excluding carboxylic acids is 1. The number of nitrogens with two attached hydrogens (primary N) is 1. The minimum atomic E-state index is -1.05. The van der Waals surface area contributed by atoms with Crippen LogP contribution in [0.4, 0.5) is 4.39 Å². The lowest BCUT2D eigenvalue weighted by Crippen LogP contribution is -2.39. The maximum absolute atomic E-state index is 13.6. The Hall–Kier alpha value is -1.70. The zero-order valence-electron chi connectivity index (χ0n) is 12.1. The van der Waals surface area contributed by atoms with Gasteiger partial charge < -0.3 is 5.73 Å². The van der Waals surface area contributed by atoms with Crippen molar-refractivity contribution in [1.82, 2.24) is 19.7 Å². The molecule has 1 fully saturated rings. The number of carbonyl (C=O) groups is 1. The predicted octanol–water partition coefficient (Wildman–Crippen LogP) is 1.74. The Bertz CT molecular complexity index is 682. The highest BCUT2D eigenvalue weighted by Gasteiger charge is 2.36. The SMILES string of the molecule is Cl.NC(=O)C1C[C@@H](F)CN1Cc1cc(Cl)ccc1-n1cncn1. The Balaban J connectivity index is 0.00000192. The van der Waals surface area contributed by atoms with Crippen LogP contribution in [0.15, 0.2) is 30.9 Å². The smallest absolute Gasteiger partial charge is 0.234 e. The number of primary amides is 1. The molecule has 6 nitrogen and oxygen atoms in total. The van der Waals surface area contributed by atoms with E-state index < -0.39 is 18.1 Å². The largest absolute Gasteiger partial charge is 0.368 e. The lowest BCUT2D eigenvalue weighted by Gasteiger charge is -2.22. The lowest BCUT2D eigenvalue weighted by molar-refractivity contribution is -0.122. The van der Waals surface area contributed by atoms with E-state index in [-0.39, 0.29) is 25.4 Å². The molecule has 1 unspecified atom stereocenters. The fraction of sp³-hybridized carbons (Fsp3) is 0.357. The Morgan fingerprint density at radius 2 is 2.26 bits per heavy atom. The van der Waals surface area contributed by atoms with E-state index >= 15 is 0 Å². The van der Waals surface area contributed by atoms with Crippen molar-refractivity contribution in [1.29, 1.82) is 0 Å². The van der Waals surface area contributed by atoms with Crippen LogP contribution >= 0.6 is 24.0 Å². The van der Waals surface area contributed by atoms with E-state index in [2.05, 4.69) is 10.1 Å². The molecular formula is C14H16Cl2FN5O. The molecule has 2 atom stereocenters. The summed E-state index contributed by atoms with van der Waals surface area (Å²) in [4.78, 5) is 17.1. The number of alkyl halides is 1. The van der Waals surface area contributed by atoms with Crippen molar-refractivity contribution in [3.05, 3.63) is 41.4 Å². The van der Waals surface area contributed by atoms with Gasteiger partial charge in [-0.3, -0.25) is 9.69 Å². The highest BCUT2D eigenvalue weighted by Crippen LogP contribution is 2.26. The van der Waals surface area contributed by atoms with Gasteiger partial charge in [0.25, 0.3) is 0 Å². The van der Waals surface area contributed by atoms with Crippen molar-refractivity contribution in [2.45, 2.75) is 25.2 Å². The Morgan fingerprint density at radius 1 is 1.48 bits per heavy atom. The van der Waals surface area contributed by atoms with Gasteiger partial charge in [-0.15, -0.1) is 12.4 Å². The molecule has 0 radical (unpaired) electrons. The van der Waals surface area contributed by atoms with E-state index in [9.17, 15) is 9.18 Å². The first-order valence-electron chi connectivity index (χ1n) is 6.85. The standard InChI is InChI=1S/C14H15ClFN5O.ClH/c15-10-1-2-12(21-8-18-7-19-21)9(3-10)5-20-6-11(16)4-13(20)14(17)22;/h1-3,7-8,11,13H,4-6H2,(H2,17,22);1H/t11-,13?;/m1./s1. The maximum Gasteiger partial charge on any atom is 0.234 e. The van der Waals surface area contributed by atoms with Crippen LogP contribution in [0.1, 0.15) is 12.0 Å². The molecule has 0 bridgehead atoms. The molecule has 2 heterocycles. The van der Waals surface area contributed by atoms with Crippen LogP contribution < -0.4 is 5.73 Å². The van der Waals surface area contributed by atoms with Gasteiger partial charge in [-0.2, -0.15) is 5.10 Å². The summed E-state index contributed by atoms with van der Waals surface area (Å²) in [6, 6.07) is 4.74. The highest BCUT2D eigenvalue weighted by molar-refractivity contribution is 6.30. The van der Waals surface area contributed by atoms with Crippen LogP contribution in [-0.2, 0) is 11.3 Å². The molecule has 1 aliphatic rings. The number of hydrogen-bond donors (Lipinski definition) is 1. The third-order valence-corrected chi connectivity index (χ3v) is 4.00. The molecule has 1 saturated heterocycles. The molecule has 1 aromatic carbocycles. The van der Waals surface area contributed by atoms with Gasteiger partial charge in [-0.25, -0.2) is 14.1 Å². The average molecular weight is 360 g/mol. The zero-order valence-corrected chi connectivity index (χ0v) is 13.7. The summed E-state index contributed by atoms with van der Waals surface area (Å²) in [5.74, 6) is -0.510. The highest BCUT2D eigenvalue weighted by atomic mass is 35.5. The molecule has 9 heteroatoms. The number of nitrogens with zero attached hydrogens (tertiary/aromatic N) is 4. The second-order valence-electron chi connectivity index (χ2n) is 5.29. The number of aromatic nitrogens is 3. The van der Waals surface area contributed by atoms with Gasteiger partial charge in [0.05, 0.1) is 11.7 Å². The van der Waals surface area contributed by atoms with Crippen LogP contribution in [-0.4, -0.2) is 44.3 Å². The van der Waals surface area contributed by atoms with Crippen molar-refractivity contribution in [2.24, 2.45) is 5.73 Å². The molecule has 3 rings (SSSR count). The summed E-state index contributed by atoms with van der Waals surface area (Å²) >= 11 is 6.06. The minimum Gasteiger partial charge on any atom is -0.368 e. The van der Waals surface area contributed by atoms with Gasteiger partial charge in [0.15, 0.2) is 0 Å². The first kappa shape index (κ1) is 17.7.